The Balaban J connectivity index is 2.69. The predicted molar refractivity (Wildman–Crippen MR) is 77.3 cm³/mol. The van der Waals surface area contributed by atoms with E-state index < -0.39 is 12.0 Å². The molecule has 0 aliphatic carbocycles. The summed E-state index contributed by atoms with van der Waals surface area (Å²) in [5.41, 5.74) is 0.934. The van der Waals surface area contributed by atoms with Crippen LogP contribution in [0.25, 0.3) is 0 Å². The van der Waals surface area contributed by atoms with E-state index in [4.69, 9.17) is 14.6 Å². The van der Waals surface area contributed by atoms with Gasteiger partial charge in [-0.3, -0.25) is 4.79 Å². The Labute approximate surface area is 119 Å². The minimum Gasteiger partial charge on any atom is -0.497 e. The van der Waals surface area contributed by atoms with E-state index in [2.05, 4.69) is 5.32 Å². The second-order valence-corrected chi connectivity index (χ2v) is 4.63. The van der Waals surface area contributed by atoms with Crippen LogP contribution in [0.15, 0.2) is 18.2 Å². The van der Waals surface area contributed by atoms with Crippen molar-refractivity contribution in [3.63, 3.8) is 0 Å². The number of carbonyl (C=O) groups is 1. The highest BCUT2D eigenvalue weighted by Crippen LogP contribution is 2.22. The number of hydrogen-bond donors (Lipinski definition) is 2. The molecule has 1 aromatic carbocycles. The maximum absolute atomic E-state index is 11.2. The molecular weight excluding hydrogens is 258 g/mol. The molecule has 0 aliphatic heterocycles. The summed E-state index contributed by atoms with van der Waals surface area (Å²) in [6.07, 6.45) is 2.51. The van der Waals surface area contributed by atoms with Crippen molar-refractivity contribution in [2.45, 2.75) is 38.8 Å². The average molecular weight is 281 g/mol. The van der Waals surface area contributed by atoms with Crippen LogP contribution in [-0.4, -0.2) is 31.3 Å². The number of unbranched alkanes of at least 4 members (excludes halogenated alkanes) is 1. The maximum Gasteiger partial charge on any atom is 0.320 e. The van der Waals surface area contributed by atoms with Crippen molar-refractivity contribution in [1.29, 1.82) is 0 Å². The molecule has 0 fully saturated rings. The third-order valence-electron chi connectivity index (χ3n) is 3.11. The first kappa shape index (κ1) is 16.3. The van der Waals surface area contributed by atoms with Gasteiger partial charge in [-0.05, 0) is 24.1 Å². The van der Waals surface area contributed by atoms with Crippen molar-refractivity contribution in [3.8, 4) is 11.5 Å². The molecule has 5 heteroatoms. The van der Waals surface area contributed by atoms with Gasteiger partial charge in [-0.25, -0.2) is 0 Å². The zero-order chi connectivity index (χ0) is 15.0. The second-order valence-electron chi connectivity index (χ2n) is 4.63. The monoisotopic (exact) mass is 281 g/mol. The fourth-order valence-electron chi connectivity index (χ4n) is 1.93. The summed E-state index contributed by atoms with van der Waals surface area (Å²) in [6.45, 7) is 2.51. The van der Waals surface area contributed by atoms with E-state index in [1.165, 1.54) is 0 Å². The molecule has 1 rings (SSSR count). The highest BCUT2D eigenvalue weighted by Gasteiger charge is 2.16. The van der Waals surface area contributed by atoms with Crippen LogP contribution >= 0.6 is 0 Å². The van der Waals surface area contributed by atoms with Crippen molar-refractivity contribution in [3.05, 3.63) is 23.8 Å². The molecule has 0 amide bonds. The van der Waals surface area contributed by atoms with Gasteiger partial charge in [0.25, 0.3) is 0 Å². The van der Waals surface area contributed by atoms with Gasteiger partial charge in [-0.15, -0.1) is 0 Å². The number of nitrogens with one attached hydrogen (secondary N) is 1. The van der Waals surface area contributed by atoms with E-state index in [1.54, 1.807) is 20.3 Å². The molecule has 0 heterocycles. The Bertz CT molecular complexity index is 412. The normalized spacial score (nSPS) is 11.9. The van der Waals surface area contributed by atoms with Crippen LogP contribution in [0.4, 0.5) is 0 Å². The minimum atomic E-state index is -0.812. The SMILES string of the molecule is CCCC[C@H](NCc1cc(OC)cc(OC)c1)C(=O)O. The predicted octanol–water partition coefficient (Wildman–Crippen LogP) is 2.44. The molecule has 0 unspecified atom stereocenters. The Morgan fingerprint density at radius 3 is 2.30 bits per heavy atom. The smallest absolute Gasteiger partial charge is 0.320 e. The number of carboxylic acid groups (broad SMARTS) is 1. The van der Waals surface area contributed by atoms with Crippen LogP contribution in [0.1, 0.15) is 31.7 Å². The number of rotatable bonds is 9. The lowest BCUT2D eigenvalue weighted by molar-refractivity contribution is -0.139. The first-order valence-corrected chi connectivity index (χ1v) is 6.78. The van der Waals surface area contributed by atoms with Crippen molar-refractivity contribution in [2.75, 3.05) is 14.2 Å². The molecule has 0 aliphatic rings. The first-order chi connectivity index (χ1) is 9.60. The Morgan fingerprint density at radius 1 is 1.25 bits per heavy atom. The highest BCUT2D eigenvalue weighted by molar-refractivity contribution is 5.73. The van der Waals surface area contributed by atoms with Crippen molar-refractivity contribution in [1.82, 2.24) is 5.32 Å². The lowest BCUT2D eigenvalue weighted by Crippen LogP contribution is -2.36. The summed E-state index contributed by atoms with van der Waals surface area (Å²) in [4.78, 5) is 11.2. The van der Waals surface area contributed by atoms with Gasteiger partial charge in [0.05, 0.1) is 14.2 Å². The summed E-state index contributed by atoms with van der Waals surface area (Å²) in [5, 5.41) is 12.2. The van der Waals surface area contributed by atoms with Crippen molar-refractivity contribution >= 4 is 5.97 Å². The molecule has 0 saturated carbocycles. The standard InChI is InChI=1S/C15H23NO4/c1-4-5-6-14(15(17)18)16-10-11-7-12(19-2)9-13(8-11)20-3/h7-9,14,16H,4-6,10H2,1-3H3,(H,17,18)/t14-/m0/s1. The van der Waals surface area contributed by atoms with Gasteiger partial charge in [0, 0.05) is 12.6 Å². The molecule has 112 valence electrons. The van der Waals surface area contributed by atoms with Gasteiger partial charge in [0.1, 0.15) is 17.5 Å². The van der Waals surface area contributed by atoms with E-state index >= 15 is 0 Å². The van der Waals surface area contributed by atoms with Gasteiger partial charge in [-0.2, -0.15) is 0 Å². The number of hydrogen-bond acceptors (Lipinski definition) is 4. The molecule has 2 N–H and O–H groups in total. The van der Waals surface area contributed by atoms with E-state index in [1.807, 2.05) is 19.1 Å². The van der Waals surface area contributed by atoms with E-state index in [9.17, 15) is 4.79 Å². The van der Waals surface area contributed by atoms with Crippen molar-refractivity contribution in [2.24, 2.45) is 0 Å². The molecule has 1 aromatic rings. The quantitative estimate of drug-likeness (QED) is 0.727. The zero-order valence-corrected chi connectivity index (χ0v) is 12.3. The Morgan fingerprint density at radius 2 is 1.85 bits per heavy atom. The van der Waals surface area contributed by atoms with Gasteiger partial charge < -0.3 is 19.9 Å². The number of ether oxygens (including phenoxy) is 2. The number of benzene rings is 1. The molecule has 5 nitrogen and oxygen atoms in total. The van der Waals surface area contributed by atoms with Crippen LogP contribution < -0.4 is 14.8 Å². The van der Waals surface area contributed by atoms with Crippen LogP contribution in [0.5, 0.6) is 11.5 Å². The zero-order valence-electron chi connectivity index (χ0n) is 12.3. The van der Waals surface area contributed by atoms with E-state index in [0.29, 0.717) is 24.5 Å². The molecular formula is C15H23NO4. The molecule has 1 atom stereocenters. The molecule has 0 aromatic heterocycles. The number of methoxy groups -OCH3 is 2. The molecule has 20 heavy (non-hydrogen) atoms. The maximum atomic E-state index is 11.2. The third kappa shape index (κ3) is 5.09. The lowest BCUT2D eigenvalue weighted by atomic mass is 10.1. The van der Waals surface area contributed by atoms with Gasteiger partial charge in [0.15, 0.2) is 0 Å². The summed E-state index contributed by atoms with van der Waals surface area (Å²) in [7, 11) is 3.18. The first-order valence-electron chi connectivity index (χ1n) is 6.78. The summed E-state index contributed by atoms with van der Waals surface area (Å²) in [6, 6.07) is 5.00. The number of carboxylic acids is 1. The van der Waals surface area contributed by atoms with E-state index in [0.717, 1.165) is 18.4 Å². The topological polar surface area (TPSA) is 67.8 Å². The summed E-state index contributed by atoms with van der Waals surface area (Å²) < 4.78 is 10.4. The summed E-state index contributed by atoms with van der Waals surface area (Å²) >= 11 is 0. The largest absolute Gasteiger partial charge is 0.497 e. The Hall–Kier alpha value is -1.75. The van der Waals surface area contributed by atoms with Crippen LogP contribution in [-0.2, 0) is 11.3 Å². The third-order valence-corrected chi connectivity index (χ3v) is 3.11. The fourth-order valence-corrected chi connectivity index (χ4v) is 1.93. The van der Waals surface area contributed by atoms with E-state index in [-0.39, 0.29) is 0 Å². The van der Waals surface area contributed by atoms with Gasteiger partial charge in [-0.1, -0.05) is 19.8 Å². The van der Waals surface area contributed by atoms with Gasteiger partial charge in [0.2, 0.25) is 0 Å². The molecule has 0 spiro atoms. The van der Waals surface area contributed by atoms with Crippen LogP contribution in [0.3, 0.4) is 0 Å². The second kappa shape index (κ2) is 8.43. The molecule has 0 radical (unpaired) electrons. The van der Waals surface area contributed by atoms with Crippen molar-refractivity contribution < 1.29 is 19.4 Å². The van der Waals surface area contributed by atoms with Gasteiger partial charge >= 0.3 is 5.97 Å². The number of aliphatic carboxylic acids is 1. The molecule has 0 saturated heterocycles. The fraction of sp³-hybridized carbons (Fsp3) is 0.533. The summed E-state index contributed by atoms with van der Waals surface area (Å²) in [5.74, 6) is 0.580. The Kier molecular flexibility index (Phi) is 6.87. The lowest BCUT2D eigenvalue weighted by Gasteiger charge is -2.15. The minimum absolute atomic E-state index is 0.467. The average Bonchev–Trinajstić information content (AvgIpc) is 2.46. The van der Waals surface area contributed by atoms with Crippen LogP contribution in [0, 0.1) is 0 Å². The molecule has 0 bridgehead atoms. The van der Waals surface area contributed by atoms with Crippen LogP contribution in [0.2, 0.25) is 0 Å². The highest BCUT2D eigenvalue weighted by atomic mass is 16.5.